The lowest BCUT2D eigenvalue weighted by atomic mass is 10.1. The van der Waals surface area contributed by atoms with Crippen molar-refractivity contribution in [3.05, 3.63) is 78.2 Å². The highest BCUT2D eigenvalue weighted by atomic mass is 16.6. The summed E-state index contributed by atoms with van der Waals surface area (Å²) in [4.78, 5) is 12.7. The zero-order valence-electron chi connectivity index (χ0n) is 15.5. The number of hydrogen-bond acceptors (Lipinski definition) is 6. The summed E-state index contributed by atoms with van der Waals surface area (Å²) in [6, 6.07) is 20.7. The number of rotatable bonds is 5. The number of fused-ring (bicyclic) bond motifs is 1. The Morgan fingerprint density at radius 3 is 2.36 bits per heavy atom. The highest BCUT2D eigenvalue weighted by molar-refractivity contribution is 5.98. The van der Waals surface area contributed by atoms with Crippen molar-refractivity contribution in [2.45, 2.75) is 13.0 Å². The first-order chi connectivity index (χ1) is 13.7. The summed E-state index contributed by atoms with van der Waals surface area (Å²) in [5, 5.41) is 9.94. The zero-order valence-corrected chi connectivity index (χ0v) is 15.5. The Morgan fingerprint density at radius 1 is 0.964 bits per heavy atom. The summed E-state index contributed by atoms with van der Waals surface area (Å²) in [7, 11) is 1.52. The Kier molecular flexibility index (Phi) is 4.76. The van der Waals surface area contributed by atoms with Crippen LogP contribution in [0.15, 0.2) is 71.1 Å². The largest absolute Gasteiger partial charge is 0.496 e. The van der Waals surface area contributed by atoms with Crippen LogP contribution < -0.4 is 4.74 Å². The van der Waals surface area contributed by atoms with Crippen LogP contribution in [-0.2, 0) is 4.74 Å². The molecular formula is C22H18N2O4. The fourth-order valence-corrected chi connectivity index (χ4v) is 2.92. The lowest BCUT2D eigenvalue weighted by Gasteiger charge is -2.13. The van der Waals surface area contributed by atoms with Gasteiger partial charge in [0.2, 0.25) is 5.89 Å². The van der Waals surface area contributed by atoms with Crippen molar-refractivity contribution in [1.29, 1.82) is 0 Å². The highest BCUT2D eigenvalue weighted by Crippen LogP contribution is 2.29. The van der Waals surface area contributed by atoms with E-state index in [9.17, 15) is 4.79 Å². The maximum atomic E-state index is 12.7. The fourth-order valence-electron chi connectivity index (χ4n) is 2.92. The van der Waals surface area contributed by atoms with Gasteiger partial charge in [0.25, 0.3) is 5.89 Å². The molecule has 0 aliphatic carbocycles. The predicted molar refractivity (Wildman–Crippen MR) is 104 cm³/mol. The maximum absolute atomic E-state index is 12.7. The van der Waals surface area contributed by atoms with Crippen LogP contribution in [-0.4, -0.2) is 23.3 Å². The van der Waals surface area contributed by atoms with Gasteiger partial charge in [-0.15, -0.1) is 10.2 Å². The number of benzene rings is 3. The molecule has 0 radical (unpaired) electrons. The molecule has 0 aliphatic rings. The summed E-state index contributed by atoms with van der Waals surface area (Å²) in [5.41, 5.74) is 1.15. The quantitative estimate of drug-likeness (QED) is 0.466. The van der Waals surface area contributed by atoms with Crippen LogP contribution in [0.4, 0.5) is 0 Å². The molecule has 0 unspecified atom stereocenters. The monoisotopic (exact) mass is 374 g/mol. The number of methoxy groups -OCH3 is 1. The Morgan fingerprint density at radius 2 is 1.64 bits per heavy atom. The molecule has 28 heavy (non-hydrogen) atoms. The van der Waals surface area contributed by atoms with E-state index in [-0.39, 0.29) is 5.89 Å². The van der Waals surface area contributed by atoms with Gasteiger partial charge in [-0.25, -0.2) is 4.79 Å². The van der Waals surface area contributed by atoms with E-state index in [0.717, 1.165) is 16.3 Å². The van der Waals surface area contributed by atoms with E-state index in [0.29, 0.717) is 17.2 Å². The van der Waals surface area contributed by atoms with Crippen molar-refractivity contribution >= 4 is 16.7 Å². The SMILES string of the molecule is COc1cc2ccccc2cc1C(=O)O[C@H](C)c1nnc(-c2ccccc2)o1. The van der Waals surface area contributed by atoms with Crippen LogP contribution in [0.25, 0.3) is 22.2 Å². The van der Waals surface area contributed by atoms with E-state index in [1.165, 1.54) is 7.11 Å². The molecule has 4 rings (SSSR count). The minimum atomic E-state index is -0.700. The molecule has 0 amide bonds. The topological polar surface area (TPSA) is 74.5 Å². The lowest BCUT2D eigenvalue weighted by Crippen LogP contribution is -2.11. The van der Waals surface area contributed by atoms with Crippen molar-refractivity contribution in [3.8, 4) is 17.2 Å². The minimum Gasteiger partial charge on any atom is -0.496 e. The van der Waals surface area contributed by atoms with Crippen LogP contribution in [0.1, 0.15) is 29.3 Å². The number of carbonyl (C=O) groups excluding carboxylic acids is 1. The second kappa shape index (κ2) is 7.52. The van der Waals surface area contributed by atoms with Crippen molar-refractivity contribution in [2.24, 2.45) is 0 Å². The van der Waals surface area contributed by atoms with Gasteiger partial charge in [-0.05, 0) is 42.0 Å². The summed E-state index contributed by atoms with van der Waals surface area (Å²) >= 11 is 0. The first-order valence-corrected chi connectivity index (χ1v) is 8.82. The molecule has 0 fully saturated rings. The van der Waals surface area contributed by atoms with Crippen LogP contribution in [0, 0.1) is 0 Å². The van der Waals surface area contributed by atoms with E-state index in [4.69, 9.17) is 13.9 Å². The van der Waals surface area contributed by atoms with Crippen LogP contribution >= 0.6 is 0 Å². The van der Waals surface area contributed by atoms with Gasteiger partial charge in [-0.3, -0.25) is 0 Å². The number of nitrogens with zero attached hydrogens (tertiary/aromatic N) is 2. The molecule has 1 heterocycles. The van der Waals surface area contributed by atoms with Crippen LogP contribution in [0.2, 0.25) is 0 Å². The van der Waals surface area contributed by atoms with Crippen LogP contribution in [0.5, 0.6) is 5.75 Å². The van der Waals surface area contributed by atoms with Gasteiger partial charge >= 0.3 is 5.97 Å². The van der Waals surface area contributed by atoms with E-state index in [1.54, 1.807) is 13.0 Å². The third-order valence-corrected chi connectivity index (χ3v) is 4.38. The average Bonchev–Trinajstić information content (AvgIpc) is 3.24. The lowest BCUT2D eigenvalue weighted by molar-refractivity contribution is 0.0276. The molecule has 1 atom stereocenters. The number of hydrogen-bond donors (Lipinski definition) is 0. The number of ether oxygens (including phenoxy) is 2. The van der Waals surface area contributed by atoms with Crippen LogP contribution in [0.3, 0.4) is 0 Å². The second-order valence-electron chi connectivity index (χ2n) is 6.26. The number of esters is 1. The van der Waals surface area contributed by atoms with Gasteiger partial charge in [0, 0.05) is 5.56 Å². The molecule has 3 aromatic carbocycles. The Bertz CT molecular complexity index is 1120. The molecule has 0 saturated heterocycles. The van der Waals surface area contributed by atoms with Gasteiger partial charge in [0.1, 0.15) is 11.3 Å². The highest BCUT2D eigenvalue weighted by Gasteiger charge is 2.22. The number of carbonyl (C=O) groups is 1. The minimum absolute atomic E-state index is 0.229. The van der Waals surface area contributed by atoms with E-state index < -0.39 is 12.1 Å². The second-order valence-corrected chi connectivity index (χ2v) is 6.26. The zero-order chi connectivity index (χ0) is 19.5. The molecule has 140 valence electrons. The summed E-state index contributed by atoms with van der Waals surface area (Å²) in [5.74, 6) is 0.537. The molecular weight excluding hydrogens is 356 g/mol. The van der Waals surface area contributed by atoms with Gasteiger partial charge in [0.15, 0.2) is 6.10 Å². The standard InChI is InChI=1S/C22H18N2O4/c1-14(20-23-24-21(28-20)15-8-4-3-5-9-15)27-22(25)18-12-16-10-6-7-11-17(16)13-19(18)26-2/h3-14H,1-2H3/t14-/m1/s1. The fraction of sp³-hybridized carbons (Fsp3) is 0.136. The number of aromatic nitrogens is 2. The Labute approximate surface area is 161 Å². The summed E-state index contributed by atoms with van der Waals surface area (Å²) < 4.78 is 16.6. The smallest absolute Gasteiger partial charge is 0.342 e. The molecule has 0 N–H and O–H groups in total. The first-order valence-electron chi connectivity index (χ1n) is 8.82. The molecule has 6 nitrogen and oxygen atoms in total. The third-order valence-electron chi connectivity index (χ3n) is 4.38. The third kappa shape index (κ3) is 3.44. The van der Waals surface area contributed by atoms with E-state index >= 15 is 0 Å². The van der Waals surface area contributed by atoms with Crippen molar-refractivity contribution in [2.75, 3.05) is 7.11 Å². The molecule has 0 saturated carbocycles. The van der Waals surface area contributed by atoms with Gasteiger partial charge < -0.3 is 13.9 Å². The first kappa shape index (κ1) is 17.7. The summed E-state index contributed by atoms with van der Waals surface area (Å²) in [6.45, 7) is 1.69. The molecule has 0 bridgehead atoms. The Hall–Kier alpha value is -3.67. The van der Waals surface area contributed by atoms with Gasteiger partial charge in [-0.2, -0.15) is 0 Å². The molecule has 4 aromatic rings. The van der Waals surface area contributed by atoms with Crippen molar-refractivity contribution < 1.29 is 18.7 Å². The van der Waals surface area contributed by atoms with Gasteiger partial charge in [-0.1, -0.05) is 42.5 Å². The van der Waals surface area contributed by atoms with Gasteiger partial charge in [0.05, 0.1) is 7.11 Å². The van der Waals surface area contributed by atoms with E-state index in [2.05, 4.69) is 10.2 Å². The Balaban J connectivity index is 1.57. The molecule has 0 spiro atoms. The normalized spacial score (nSPS) is 11.9. The van der Waals surface area contributed by atoms with Crippen molar-refractivity contribution in [3.63, 3.8) is 0 Å². The predicted octanol–water partition coefficient (Wildman–Crippen LogP) is 4.82. The maximum Gasteiger partial charge on any atom is 0.342 e. The molecule has 6 heteroatoms. The van der Waals surface area contributed by atoms with E-state index in [1.807, 2.05) is 60.7 Å². The molecule has 0 aliphatic heterocycles. The molecule has 1 aromatic heterocycles. The van der Waals surface area contributed by atoms with Crippen molar-refractivity contribution in [1.82, 2.24) is 10.2 Å². The average molecular weight is 374 g/mol. The summed E-state index contributed by atoms with van der Waals surface area (Å²) in [6.07, 6.45) is -0.700.